The van der Waals surface area contributed by atoms with Crippen LogP contribution in [0.15, 0.2) is 60.7 Å². The summed E-state index contributed by atoms with van der Waals surface area (Å²) in [6, 6.07) is 21.9. The highest BCUT2D eigenvalue weighted by atomic mass is 16.3. The van der Waals surface area contributed by atoms with Crippen LogP contribution in [0, 0.1) is 0 Å². The molecule has 0 aromatic heterocycles. The molecular weight excluding hydrogens is 236 g/mol. The van der Waals surface area contributed by atoms with Crippen molar-refractivity contribution in [2.75, 3.05) is 0 Å². The van der Waals surface area contributed by atoms with Crippen molar-refractivity contribution in [3.8, 4) is 0 Å². The fourth-order valence-corrected chi connectivity index (χ4v) is 2.67. The molecule has 0 saturated carbocycles. The van der Waals surface area contributed by atoms with Gasteiger partial charge in [0.15, 0.2) is 0 Å². The monoisotopic (exact) mass is 248 g/mol. The second kappa shape index (κ2) is 4.58. The normalized spacial score (nSPS) is 10.5. The van der Waals surface area contributed by atoms with E-state index in [0.29, 0.717) is 0 Å². The van der Waals surface area contributed by atoms with Crippen LogP contribution >= 0.6 is 0 Å². The van der Waals surface area contributed by atoms with Crippen LogP contribution in [0.25, 0.3) is 32.3 Å². The maximum atomic E-state index is 8.36. The molecule has 0 fully saturated rings. The number of benzene rings is 4. The molecule has 0 unspecified atom stereocenters. The lowest BCUT2D eigenvalue weighted by atomic mass is 9.95. The molecule has 92 valence electrons. The first-order chi connectivity index (χ1) is 9.35. The van der Waals surface area contributed by atoms with Crippen molar-refractivity contribution in [3.05, 3.63) is 60.7 Å². The highest BCUT2D eigenvalue weighted by Crippen LogP contribution is 2.33. The molecule has 0 spiro atoms. The standard InChI is InChI=1S/C16H10.CH2O2/c1-3-11-7-9-13-5-2-6-14-10-8-12(4-1)15(11)16(13)14;2-1-3/h1-10H;1H,(H,2,3). The molecule has 0 aliphatic heterocycles. The number of carboxylic acid groups (broad SMARTS) is 1. The highest BCUT2D eigenvalue weighted by molar-refractivity contribution is 6.22. The van der Waals surface area contributed by atoms with Crippen molar-refractivity contribution < 1.29 is 9.90 Å². The zero-order valence-electron chi connectivity index (χ0n) is 10.2. The lowest BCUT2D eigenvalue weighted by Gasteiger charge is -2.09. The van der Waals surface area contributed by atoms with Gasteiger partial charge in [0.2, 0.25) is 0 Å². The minimum atomic E-state index is -0.250. The van der Waals surface area contributed by atoms with Gasteiger partial charge in [-0.2, -0.15) is 0 Å². The van der Waals surface area contributed by atoms with Crippen LogP contribution in [0.4, 0.5) is 0 Å². The minimum Gasteiger partial charge on any atom is -0.483 e. The topological polar surface area (TPSA) is 37.3 Å². The van der Waals surface area contributed by atoms with Crippen molar-refractivity contribution >= 4 is 38.8 Å². The molecule has 0 aliphatic carbocycles. The SMILES string of the molecule is O=CO.c1cc2ccc3cccc4ccc(c1)c2c34. The van der Waals surface area contributed by atoms with E-state index >= 15 is 0 Å². The predicted molar refractivity (Wildman–Crippen MR) is 78.8 cm³/mol. The summed E-state index contributed by atoms with van der Waals surface area (Å²) in [6.45, 7) is -0.250. The van der Waals surface area contributed by atoms with Gasteiger partial charge in [-0.1, -0.05) is 60.7 Å². The molecule has 0 amide bonds. The van der Waals surface area contributed by atoms with E-state index in [9.17, 15) is 0 Å². The fourth-order valence-electron chi connectivity index (χ4n) is 2.67. The van der Waals surface area contributed by atoms with Gasteiger partial charge in [0.1, 0.15) is 0 Å². The molecule has 0 saturated heterocycles. The number of carbonyl (C=O) groups is 1. The second-order valence-electron chi connectivity index (χ2n) is 4.40. The minimum absolute atomic E-state index is 0.250. The van der Waals surface area contributed by atoms with E-state index in [1.807, 2.05) is 0 Å². The van der Waals surface area contributed by atoms with Crippen molar-refractivity contribution in [2.24, 2.45) is 0 Å². The summed E-state index contributed by atoms with van der Waals surface area (Å²) in [4.78, 5) is 8.36. The average Bonchev–Trinajstić information content (AvgIpc) is 2.46. The molecular formula is C17H12O2. The third-order valence-corrected chi connectivity index (χ3v) is 3.39. The van der Waals surface area contributed by atoms with Gasteiger partial charge in [0.25, 0.3) is 6.47 Å². The molecule has 4 rings (SSSR count). The molecule has 4 aromatic rings. The van der Waals surface area contributed by atoms with Crippen LogP contribution < -0.4 is 0 Å². The van der Waals surface area contributed by atoms with Crippen LogP contribution in [0.5, 0.6) is 0 Å². The summed E-state index contributed by atoms with van der Waals surface area (Å²) >= 11 is 0. The van der Waals surface area contributed by atoms with Crippen molar-refractivity contribution in [1.82, 2.24) is 0 Å². The lowest BCUT2D eigenvalue weighted by molar-refractivity contribution is -0.122. The van der Waals surface area contributed by atoms with E-state index in [0.717, 1.165) is 0 Å². The first kappa shape index (κ1) is 11.5. The fraction of sp³-hybridized carbons (Fsp3) is 0. The van der Waals surface area contributed by atoms with E-state index in [-0.39, 0.29) is 6.47 Å². The molecule has 19 heavy (non-hydrogen) atoms. The number of hydrogen-bond donors (Lipinski definition) is 1. The third kappa shape index (κ3) is 1.78. The van der Waals surface area contributed by atoms with E-state index in [4.69, 9.17) is 9.90 Å². The zero-order chi connectivity index (χ0) is 13.2. The largest absolute Gasteiger partial charge is 0.483 e. The van der Waals surface area contributed by atoms with E-state index < -0.39 is 0 Å². The Labute approximate surface area is 110 Å². The Balaban J connectivity index is 0.000000339. The molecule has 0 atom stereocenters. The summed E-state index contributed by atoms with van der Waals surface area (Å²) < 4.78 is 0. The van der Waals surface area contributed by atoms with Gasteiger partial charge < -0.3 is 5.11 Å². The van der Waals surface area contributed by atoms with E-state index in [2.05, 4.69) is 60.7 Å². The number of rotatable bonds is 0. The van der Waals surface area contributed by atoms with Crippen LogP contribution in [0.3, 0.4) is 0 Å². The van der Waals surface area contributed by atoms with Gasteiger partial charge in [-0.25, -0.2) is 0 Å². The zero-order valence-corrected chi connectivity index (χ0v) is 10.2. The van der Waals surface area contributed by atoms with Gasteiger partial charge in [-0.15, -0.1) is 0 Å². The third-order valence-electron chi connectivity index (χ3n) is 3.39. The molecule has 0 radical (unpaired) electrons. The smallest absolute Gasteiger partial charge is 0.290 e. The Bertz CT molecular complexity index is 719. The molecule has 0 heterocycles. The average molecular weight is 248 g/mol. The Kier molecular flexibility index (Phi) is 2.76. The second-order valence-corrected chi connectivity index (χ2v) is 4.40. The van der Waals surface area contributed by atoms with Crippen molar-refractivity contribution in [3.63, 3.8) is 0 Å². The molecule has 1 N–H and O–H groups in total. The summed E-state index contributed by atoms with van der Waals surface area (Å²) in [7, 11) is 0. The molecule has 2 nitrogen and oxygen atoms in total. The molecule has 0 aliphatic rings. The predicted octanol–water partition coefficient (Wildman–Crippen LogP) is 4.28. The van der Waals surface area contributed by atoms with Gasteiger partial charge >= 0.3 is 0 Å². The maximum Gasteiger partial charge on any atom is 0.290 e. The van der Waals surface area contributed by atoms with Crippen LogP contribution in [-0.4, -0.2) is 11.6 Å². The maximum absolute atomic E-state index is 8.36. The van der Waals surface area contributed by atoms with Gasteiger partial charge in [0, 0.05) is 0 Å². The first-order valence-electron chi connectivity index (χ1n) is 6.05. The molecule has 4 aromatic carbocycles. The van der Waals surface area contributed by atoms with E-state index in [1.165, 1.54) is 32.3 Å². The van der Waals surface area contributed by atoms with Crippen LogP contribution in [-0.2, 0) is 4.79 Å². The Morgan fingerprint density at radius 1 is 0.632 bits per heavy atom. The first-order valence-corrected chi connectivity index (χ1v) is 6.05. The summed E-state index contributed by atoms with van der Waals surface area (Å²) in [5.41, 5.74) is 0. The van der Waals surface area contributed by atoms with Crippen molar-refractivity contribution in [2.45, 2.75) is 0 Å². The van der Waals surface area contributed by atoms with Gasteiger partial charge in [0.05, 0.1) is 0 Å². The van der Waals surface area contributed by atoms with E-state index in [1.54, 1.807) is 0 Å². The quantitative estimate of drug-likeness (QED) is 0.372. The molecule has 2 heteroatoms. The van der Waals surface area contributed by atoms with Crippen LogP contribution in [0.2, 0.25) is 0 Å². The lowest BCUT2D eigenvalue weighted by Crippen LogP contribution is -1.82. The van der Waals surface area contributed by atoms with Gasteiger partial charge in [-0.3, -0.25) is 4.79 Å². The van der Waals surface area contributed by atoms with Crippen LogP contribution in [0.1, 0.15) is 0 Å². The Hall–Kier alpha value is -2.61. The molecule has 0 bridgehead atoms. The Morgan fingerprint density at radius 2 is 0.895 bits per heavy atom. The number of hydrogen-bond acceptors (Lipinski definition) is 1. The van der Waals surface area contributed by atoms with Gasteiger partial charge in [-0.05, 0) is 32.3 Å². The summed E-state index contributed by atoms with van der Waals surface area (Å²) in [5.74, 6) is 0. The summed E-state index contributed by atoms with van der Waals surface area (Å²) in [6.07, 6.45) is 0. The van der Waals surface area contributed by atoms with Crippen molar-refractivity contribution in [1.29, 1.82) is 0 Å². The Morgan fingerprint density at radius 3 is 1.16 bits per heavy atom. The summed E-state index contributed by atoms with van der Waals surface area (Å²) in [5, 5.41) is 15.0. The highest BCUT2D eigenvalue weighted by Gasteiger charge is 2.05.